The Labute approximate surface area is 112 Å². The lowest BCUT2D eigenvalue weighted by atomic mass is 10.1. The highest BCUT2D eigenvalue weighted by Crippen LogP contribution is 2.15. The normalized spacial score (nSPS) is 19.9. The van der Waals surface area contributed by atoms with Gasteiger partial charge in [0.05, 0.1) is 0 Å². The van der Waals surface area contributed by atoms with E-state index in [-0.39, 0.29) is 0 Å². The minimum atomic E-state index is 0.710. The van der Waals surface area contributed by atoms with Gasteiger partial charge in [0.25, 0.3) is 0 Å². The molecule has 1 N–H and O–H groups in total. The van der Waals surface area contributed by atoms with Crippen LogP contribution in [0, 0.1) is 5.92 Å². The summed E-state index contributed by atoms with van der Waals surface area (Å²) in [6.45, 7) is 4.12. The second-order valence-corrected chi connectivity index (χ2v) is 5.81. The van der Waals surface area contributed by atoms with Crippen LogP contribution in [0.25, 0.3) is 0 Å². The quantitative estimate of drug-likeness (QED) is 0.910. The molecule has 0 bridgehead atoms. The predicted octanol–water partition coefficient (Wildman–Crippen LogP) is 3.21. The number of benzene rings is 1. The van der Waals surface area contributed by atoms with Gasteiger partial charge in [-0.3, -0.25) is 4.99 Å². The number of halogens is 1. The SMILES string of the molecule is CC1CN=C(NCCc2ccc(Cl)cc2)SC1. The smallest absolute Gasteiger partial charge is 0.156 e. The van der Waals surface area contributed by atoms with E-state index in [0.717, 1.165) is 29.7 Å². The van der Waals surface area contributed by atoms with Crippen molar-refractivity contribution in [2.45, 2.75) is 13.3 Å². The number of amidine groups is 1. The van der Waals surface area contributed by atoms with Crippen LogP contribution in [0.5, 0.6) is 0 Å². The number of nitrogens with one attached hydrogen (secondary N) is 1. The van der Waals surface area contributed by atoms with Gasteiger partial charge in [-0.15, -0.1) is 0 Å². The molecule has 0 aromatic heterocycles. The van der Waals surface area contributed by atoms with Crippen LogP contribution in [0.2, 0.25) is 5.02 Å². The fourth-order valence-corrected chi connectivity index (χ4v) is 2.67. The topological polar surface area (TPSA) is 24.4 Å². The molecule has 2 nitrogen and oxygen atoms in total. The van der Waals surface area contributed by atoms with Crippen molar-refractivity contribution in [3.63, 3.8) is 0 Å². The van der Waals surface area contributed by atoms with E-state index >= 15 is 0 Å². The second kappa shape index (κ2) is 6.31. The Morgan fingerprint density at radius 1 is 1.41 bits per heavy atom. The van der Waals surface area contributed by atoms with Gasteiger partial charge in [0.1, 0.15) is 0 Å². The Morgan fingerprint density at radius 3 is 2.82 bits per heavy atom. The molecule has 1 atom stereocenters. The molecule has 1 aromatic carbocycles. The van der Waals surface area contributed by atoms with Gasteiger partial charge in [0.15, 0.2) is 5.17 Å². The van der Waals surface area contributed by atoms with E-state index in [1.807, 2.05) is 23.9 Å². The Morgan fingerprint density at radius 2 is 2.18 bits per heavy atom. The molecule has 0 saturated carbocycles. The van der Waals surface area contributed by atoms with Gasteiger partial charge < -0.3 is 5.32 Å². The molecule has 2 rings (SSSR count). The van der Waals surface area contributed by atoms with Gasteiger partial charge in [0, 0.05) is 23.9 Å². The van der Waals surface area contributed by atoms with E-state index < -0.39 is 0 Å². The van der Waals surface area contributed by atoms with E-state index in [0.29, 0.717) is 5.92 Å². The molecule has 1 aliphatic rings. The molecule has 0 fully saturated rings. The number of nitrogens with zero attached hydrogens (tertiary/aromatic N) is 1. The molecule has 0 aliphatic carbocycles. The van der Waals surface area contributed by atoms with Gasteiger partial charge in [-0.1, -0.05) is 42.4 Å². The molecule has 0 amide bonds. The molecule has 0 saturated heterocycles. The van der Waals surface area contributed by atoms with Crippen LogP contribution in [-0.2, 0) is 6.42 Å². The average Bonchev–Trinajstić information content (AvgIpc) is 2.34. The van der Waals surface area contributed by atoms with Crippen LogP contribution >= 0.6 is 23.4 Å². The lowest BCUT2D eigenvalue weighted by molar-refractivity contribution is 0.669. The number of rotatable bonds is 3. The molecular formula is C13H17ClN2S. The summed E-state index contributed by atoms with van der Waals surface area (Å²) in [5.41, 5.74) is 1.30. The van der Waals surface area contributed by atoms with Crippen LogP contribution in [-0.4, -0.2) is 24.0 Å². The molecule has 1 aliphatic heterocycles. The molecule has 4 heteroatoms. The van der Waals surface area contributed by atoms with E-state index in [4.69, 9.17) is 11.6 Å². The van der Waals surface area contributed by atoms with Crippen LogP contribution in [0.1, 0.15) is 12.5 Å². The van der Waals surface area contributed by atoms with Gasteiger partial charge in [0.2, 0.25) is 0 Å². The average molecular weight is 269 g/mol. The first-order chi connectivity index (χ1) is 8.24. The van der Waals surface area contributed by atoms with E-state index in [1.54, 1.807) is 0 Å². The fourth-order valence-electron chi connectivity index (χ4n) is 1.63. The van der Waals surface area contributed by atoms with Crippen molar-refractivity contribution in [2.24, 2.45) is 10.9 Å². The highest BCUT2D eigenvalue weighted by molar-refractivity contribution is 8.13. The standard InChI is InChI=1S/C13H17ClN2S/c1-10-8-16-13(17-9-10)15-7-6-11-2-4-12(14)5-3-11/h2-5,10H,6-9H2,1H3,(H,15,16). The zero-order chi connectivity index (χ0) is 12.1. The van der Waals surface area contributed by atoms with Gasteiger partial charge in [-0.2, -0.15) is 0 Å². The third-order valence-corrected chi connectivity index (χ3v) is 4.19. The summed E-state index contributed by atoms with van der Waals surface area (Å²) in [4.78, 5) is 4.50. The van der Waals surface area contributed by atoms with Crippen molar-refractivity contribution in [3.8, 4) is 0 Å². The zero-order valence-electron chi connectivity index (χ0n) is 9.95. The molecule has 17 heavy (non-hydrogen) atoms. The summed E-state index contributed by atoms with van der Waals surface area (Å²) in [6.07, 6.45) is 1.01. The van der Waals surface area contributed by atoms with Gasteiger partial charge in [-0.25, -0.2) is 0 Å². The van der Waals surface area contributed by atoms with Gasteiger partial charge in [-0.05, 0) is 30.0 Å². The number of hydrogen-bond donors (Lipinski definition) is 1. The summed E-state index contributed by atoms with van der Waals surface area (Å²) in [5, 5.41) is 5.27. The lowest BCUT2D eigenvalue weighted by Crippen LogP contribution is -2.27. The van der Waals surface area contributed by atoms with E-state index in [2.05, 4.69) is 29.4 Å². The minimum Gasteiger partial charge on any atom is -0.365 e. The summed E-state index contributed by atoms with van der Waals surface area (Å²) < 4.78 is 0. The maximum atomic E-state index is 5.84. The Kier molecular flexibility index (Phi) is 4.75. The molecule has 0 spiro atoms. The summed E-state index contributed by atoms with van der Waals surface area (Å²) >= 11 is 7.67. The number of hydrogen-bond acceptors (Lipinski definition) is 3. The summed E-state index contributed by atoms with van der Waals surface area (Å²) in [6, 6.07) is 8.01. The summed E-state index contributed by atoms with van der Waals surface area (Å²) in [5.74, 6) is 1.88. The molecular weight excluding hydrogens is 252 g/mol. The van der Waals surface area contributed by atoms with E-state index in [1.165, 1.54) is 11.3 Å². The zero-order valence-corrected chi connectivity index (χ0v) is 11.5. The Bertz CT molecular complexity index is 389. The largest absolute Gasteiger partial charge is 0.365 e. The Balaban J connectivity index is 1.74. The maximum absolute atomic E-state index is 5.84. The molecule has 92 valence electrons. The molecule has 0 radical (unpaired) electrons. The molecule has 1 aromatic rings. The first-order valence-corrected chi connectivity index (χ1v) is 7.26. The van der Waals surface area contributed by atoms with Crippen molar-refractivity contribution in [2.75, 3.05) is 18.8 Å². The van der Waals surface area contributed by atoms with Crippen molar-refractivity contribution < 1.29 is 0 Å². The monoisotopic (exact) mass is 268 g/mol. The van der Waals surface area contributed by atoms with Crippen LogP contribution < -0.4 is 5.32 Å². The highest BCUT2D eigenvalue weighted by Gasteiger charge is 2.11. The van der Waals surface area contributed by atoms with Crippen LogP contribution in [0.15, 0.2) is 29.3 Å². The van der Waals surface area contributed by atoms with Crippen LogP contribution in [0.4, 0.5) is 0 Å². The highest BCUT2D eigenvalue weighted by atomic mass is 35.5. The minimum absolute atomic E-state index is 0.710. The third-order valence-electron chi connectivity index (χ3n) is 2.65. The maximum Gasteiger partial charge on any atom is 0.156 e. The predicted molar refractivity (Wildman–Crippen MR) is 77.1 cm³/mol. The molecule has 1 heterocycles. The lowest BCUT2D eigenvalue weighted by Gasteiger charge is -2.17. The number of aliphatic imine (C=N–C) groups is 1. The van der Waals surface area contributed by atoms with Crippen molar-refractivity contribution in [1.82, 2.24) is 5.32 Å². The van der Waals surface area contributed by atoms with Crippen molar-refractivity contribution in [3.05, 3.63) is 34.9 Å². The second-order valence-electron chi connectivity index (χ2n) is 4.37. The third kappa shape index (κ3) is 4.25. The van der Waals surface area contributed by atoms with Crippen molar-refractivity contribution >= 4 is 28.5 Å². The molecule has 1 unspecified atom stereocenters. The van der Waals surface area contributed by atoms with Crippen molar-refractivity contribution in [1.29, 1.82) is 0 Å². The number of thioether (sulfide) groups is 1. The first-order valence-electron chi connectivity index (χ1n) is 5.89. The summed E-state index contributed by atoms with van der Waals surface area (Å²) in [7, 11) is 0. The van der Waals surface area contributed by atoms with Gasteiger partial charge >= 0.3 is 0 Å². The first kappa shape index (κ1) is 12.8. The van der Waals surface area contributed by atoms with Crippen LogP contribution in [0.3, 0.4) is 0 Å². The Hall–Kier alpha value is -0.670. The van der Waals surface area contributed by atoms with E-state index in [9.17, 15) is 0 Å². The fraction of sp³-hybridized carbons (Fsp3) is 0.462.